The molecule has 204 valence electrons. The topological polar surface area (TPSA) is 155 Å². The van der Waals surface area contributed by atoms with Gasteiger partial charge in [0.15, 0.2) is 12.4 Å². The second-order valence-corrected chi connectivity index (χ2v) is 13.0. The van der Waals surface area contributed by atoms with Crippen molar-refractivity contribution >= 4 is 27.7 Å². The Morgan fingerprint density at radius 3 is 2.63 bits per heavy atom. The van der Waals surface area contributed by atoms with Gasteiger partial charge in [-0.3, -0.25) is 14.1 Å². The number of hydrogen-bond donors (Lipinski definition) is 3. The predicted molar refractivity (Wildman–Crippen MR) is 135 cm³/mol. The molecule has 0 aromatic heterocycles. The van der Waals surface area contributed by atoms with E-state index in [1.807, 2.05) is 19.9 Å². The normalized spacial score (nSPS) is 38.0. The van der Waals surface area contributed by atoms with E-state index in [1.54, 1.807) is 12.2 Å². The van der Waals surface area contributed by atoms with Crippen LogP contribution in [0.4, 0.5) is 0 Å². The first-order valence-electron chi connectivity index (χ1n) is 12.8. The Bertz CT molecular complexity index is 1380. The van der Waals surface area contributed by atoms with E-state index in [1.165, 1.54) is 12.1 Å². The summed E-state index contributed by atoms with van der Waals surface area (Å²) in [6, 6.07) is 4.62. The molecule has 1 aromatic carbocycles. The molecule has 0 spiro atoms. The van der Waals surface area contributed by atoms with Gasteiger partial charge in [-0.1, -0.05) is 31.6 Å². The summed E-state index contributed by atoms with van der Waals surface area (Å²) in [5.74, 6) is -1.83. The number of ketones is 2. The molecule has 4 aliphatic rings. The van der Waals surface area contributed by atoms with Gasteiger partial charge in [-0.25, -0.2) is 4.79 Å². The summed E-state index contributed by atoms with van der Waals surface area (Å²) < 4.78 is 37.1. The molecule has 0 unspecified atom stereocenters. The third kappa shape index (κ3) is 4.00. The van der Waals surface area contributed by atoms with Crippen LogP contribution in [0.2, 0.25) is 0 Å². The maximum atomic E-state index is 13.4. The Labute approximate surface area is 221 Å². The highest BCUT2D eigenvalue weighted by Crippen LogP contribution is 2.67. The molecule has 5 rings (SSSR count). The van der Waals surface area contributed by atoms with Crippen LogP contribution >= 0.6 is 0 Å². The standard InChI is InChI=1S/C28H32O9S/c1-26-10-8-18(29)13-17(26)6-7-20-21-9-11-28(33,27(21,2)14-22(30)24(20)26)23(31)15-37-25(32)16-4-3-5-19(12-16)38(34,35)36/h3-5,8,10,12-13,20-22,24,30,33H,6-7,9,11,14-15H2,1-2H3,(H,34,35,36)/t20-,21-,22-,24+,26-,27-,28-/m0/s1. The number of Topliss-reactive ketones (excluding diaryl/α,β-unsaturated/α-hetero) is 1. The van der Waals surface area contributed by atoms with Crippen molar-refractivity contribution in [2.24, 2.45) is 28.6 Å². The summed E-state index contributed by atoms with van der Waals surface area (Å²) in [4.78, 5) is 37.4. The number of aliphatic hydroxyl groups is 2. The number of hydrogen-bond acceptors (Lipinski definition) is 8. The molecule has 0 saturated heterocycles. The highest BCUT2D eigenvalue weighted by Gasteiger charge is 2.68. The third-order valence-electron chi connectivity index (χ3n) is 9.81. The minimum atomic E-state index is -4.53. The molecule has 9 nitrogen and oxygen atoms in total. The van der Waals surface area contributed by atoms with Gasteiger partial charge in [0.05, 0.1) is 16.6 Å². The first-order valence-corrected chi connectivity index (χ1v) is 14.3. The van der Waals surface area contributed by atoms with Crippen molar-refractivity contribution < 1.29 is 42.3 Å². The van der Waals surface area contributed by atoms with E-state index < -0.39 is 55.9 Å². The molecular weight excluding hydrogens is 512 g/mol. The van der Waals surface area contributed by atoms with Crippen LogP contribution in [-0.2, 0) is 24.4 Å². The van der Waals surface area contributed by atoms with Crippen LogP contribution in [0.15, 0.2) is 53.0 Å². The molecule has 3 saturated carbocycles. The smallest absolute Gasteiger partial charge is 0.338 e. The molecule has 0 amide bonds. The van der Waals surface area contributed by atoms with Gasteiger partial charge in [-0.15, -0.1) is 0 Å². The molecule has 0 aliphatic heterocycles. The zero-order valence-corrected chi connectivity index (χ0v) is 22.1. The molecule has 3 fully saturated rings. The maximum absolute atomic E-state index is 13.4. The van der Waals surface area contributed by atoms with Crippen molar-refractivity contribution in [3.05, 3.63) is 53.6 Å². The Morgan fingerprint density at radius 1 is 1.18 bits per heavy atom. The fourth-order valence-electron chi connectivity index (χ4n) is 7.91. The minimum absolute atomic E-state index is 0.0382. The van der Waals surface area contributed by atoms with Gasteiger partial charge in [0.25, 0.3) is 10.1 Å². The highest BCUT2D eigenvalue weighted by molar-refractivity contribution is 7.85. The first kappa shape index (κ1) is 26.9. The Hall–Kier alpha value is -2.66. The largest absolute Gasteiger partial charge is 0.454 e. The number of ether oxygens (including phenoxy) is 1. The zero-order valence-electron chi connectivity index (χ0n) is 21.3. The monoisotopic (exact) mass is 544 g/mol. The summed E-state index contributed by atoms with van der Waals surface area (Å²) in [7, 11) is -4.53. The van der Waals surface area contributed by atoms with Gasteiger partial charge < -0.3 is 14.9 Å². The number of carbonyl (C=O) groups is 3. The first-order chi connectivity index (χ1) is 17.7. The lowest BCUT2D eigenvalue weighted by atomic mass is 9.46. The number of aliphatic hydroxyl groups excluding tert-OH is 1. The van der Waals surface area contributed by atoms with Crippen LogP contribution in [0, 0.1) is 28.6 Å². The lowest BCUT2D eigenvalue weighted by molar-refractivity contribution is -0.178. The quantitative estimate of drug-likeness (QED) is 0.375. The van der Waals surface area contributed by atoms with Crippen LogP contribution < -0.4 is 0 Å². The average Bonchev–Trinajstić information content (AvgIpc) is 3.13. The SMILES string of the molecule is C[C@]12C=CC(=O)C=C1CC[C@@H]1[C@@H]2[C@@H](O)C[C@@]2(C)[C@H]1CC[C@]2(O)C(=O)COC(=O)c1cccc(S(=O)(=O)O)c1. The second kappa shape index (κ2) is 8.94. The van der Waals surface area contributed by atoms with Gasteiger partial charge in [0.2, 0.25) is 5.78 Å². The van der Waals surface area contributed by atoms with Crippen LogP contribution in [0.5, 0.6) is 0 Å². The third-order valence-corrected chi connectivity index (χ3v) is 10.7. The molecule has 7 atom stereocenters. The number of fused-ring (bicyclic) bond motifs is 5. The van der Waals surface area contributed by atoms with Crippen LogP contribution in [-0.4, -0.2) is 59.0 Å². The Morgan fingerprint density at radius 2 is 1.92 bits per heavy atom. The molecule has 10 heteroatoms. The van der Waals surface area contributed by atoms with Crippen molar-refractivity contribution in [3.63, 3.8) is 0 Å². The molecule has 3 N–H and O–H groups in total. The van der Waals surface area contributed by atoms with Gasteiger partial charge in [-0.2, -0.15) is 8.42 Å². The average molecular weight is 545 g/mol. The zero-order chi connectivity index (χ0) is 27.7. The van der Waals surface area contributed by atoms with E-state index in [0.717, 1.165) is 24.1 Å². The van der Waals surface area contributed by atoms with E-state index in [9.17, 15) is 37.6 Å². The molecule has 0 radical (unpaired) electrons. The van der Waals surface area contributed by atoms with E-state index in [4.69, 9.17) is 4.74 Å². The van der Waals surface area contributed by atoms with Gasteiger partial charge in [-0.05, 0) is 74.3 Å². The molecule has 0 bridgehead atoms. The van der Waals surface area contributed by atoms with Crippen LogP contribution in [0.3, 0.4) is 0 Å². The molecular formula is C28H32O9S. The molecule has 38 heavy (non-hydrogen) atoms. The van der Waals surface area contributed by atoms with E-state index in [-0.39, 0.29) is 41.9 Å². The van der Waals surface area contributed by atoms with E-state index in [0.29, 0.717) is 12.8 Å². The molecule has 4 aliphatic carbocycles. The van der Waals surface area contributed by atoms with Gasteiger partial charge in [0.1, 0.15) is 5.60 Å². The number of allylic oxidation sites excluding steroid dienone is 4. The fourth-order valence-corrected chi connectivity index (χ4v) is 8.43. The van der Waals surface area contributed by atoms with Crippen molar-refractivity contribution in [1.82, 2.24) is 0 Å². The summed E-state index contributed by atoms with van der Waals surface area (Å²) in [5.41, 5.74) is -2.36. The van der Waals surface area contributed by atoms with Crippen molar-refractivity contribution in [2.45, 2.75) is 62.6 Å². The van der Waals surface area contributed by atoms with E-state index in [2.05, 4.69) is 0 Å². The summed E-state index contributed by atoms with van der Waals surface area (Å²) in [5, 5.41) is 23.2. The Balaban J connectivity index is 1.34. The predicted octanol–water partition coefficient (Wildman–Crippen LogP) is 2.67. The van der Waals surface area contributed by atoms with Crippen molar-refractivity contribution in [3.8, 4) is 0 Å². The van der Waals surface area contributed by atoms with Crippen molar-refractivity contribution in [2.75, 3.05) is 6.61 Å². The number of rotatable bonds is 5. The van der Waals surface area contributed by atoms with Gasteiger partial charge >= 0.3 is 5.97 Å². The summed E-state index contributed by atoms with van der Waals surface area (Å²) in [6.07, 6.45) is 6.71. The summed E-state index contributed by atoms with van der Waals surface area (Å²) >= 11 is 0. The van der Waals surface area contributed by atoms with Crippen LogP contribution in [0.1, 0.15) is 56.3 Å². The van der Waals surface area contributed by atoms with Crippen molar-refractivity contribution in [1.29, 1.82) is 0 Å². The molecule has 1 aromatic rings. The maximum Gasteiger partial charge on any atom is 0.338 e. The minimum Gasteiger partial charge on any atom is -0.454 e. The number of benzene rings is 1. The Kier molecular flexibility index (Phi) is 6.34. The fraction of sp³-hybridized carbons (Fsp3) is 0.536. The summed E-state index contributed by atoms with van der Waals surface area (Å²) in [6.45, 7) is 3.16. The lowest BCUT2D eigenvalue weighted by Gasteiger charge is -2.59. The number of esters is 1. The second-order valence-electron chi connectivity index (χ2n) is 11.6. The van der Waals surface area contributed by atoms with Crippen LogP contribution in [0.25, 0.3) is 0 Å². The van der Waals surface area contributed by atoms with Gasteiger partial charge in [0, 0.05) is 16.7 Å². The molecule has 0 heterocycles. The lowest BCUT2D eigenvalue weighted by Crippen LogP contribution is -2.61. The number of carbonyl (C=O) groups excluding carboxylic acids is 3. The highest BCUT2D eigenvalue weighted by atomic mass is 32.2. The van der Waals surface area contributed by atoms with E-state index >= 15 is 0 Å².